The molecule has 7 heteroatoms. The number of nitrogens with zero attached hydrogens (tertiary/aromatic N) is 1. The summed E-state index contributed by atoms with van der Waals surface area (Å²) in [5, 5.41) is 0.619. The van der Waals surface area contributed by atoms with Crippen LogP contribution in [0, 0.1) is 13.8 Å². The highest BCUT2D eigenvalue weighted by molar-refractivity contribution is 6.30. The highest BCUT2D eigenvalue weighted by Gasteiger charge is 2.37. The van der Waals surface area contributed by atoms with Gasteiger partial charge < -0.3 is 14.2 Å². The molecule has 0 fully saturated rings. The van der Waals surface area contributed by atoms with Crippen molar-refractivity contribution in [3.63, 3.8) is 0 Å². The molecule has 0 aliphatic carbocycles. The summed E-state index contributed by atoms with van der Waals surface area (Å²) < 4.78 is 17.1. The van der Waals surface area contributed by atoms with E-state index in [1.54, 1.807) is 4.90 Å². The van der Waals surface area contributed by atoms with Crippen LogP contribution >= 0.6 is 11.6 Å². The van der Waals surface area contributed by atoms with E-state index in [1.807, 2.05) is 89.2 Å². The van der Waals surface area contributed by atoms with E-state index in [0.29, 0.717) is 18.1 Å². The summed E-state index contributed by atoms with van der Waals surface area (Å²) in [5.41, 5.74) is 6.78. The molecule has 3 aromatic rings. The van der Waals surface area contributed by atoms with Gasteiger partial charge in [-0.05, 0) is 85.7 Å². The van der Waals surface area contributed by atoms with Gasteiger partial charge >= 0.3 is 12.1 Å². The van der Waals surface area contributed by atoms with Gasteiger partial charge in [-0.1, -0.05) is 54.1 Å². The van der Waals surface area contributed by atoms with Crippen LogP contribution in [0.2, 0.25) is 5.02 Å². The van der Waals surface area contributed by atoms with E-state index >= 15 is 0 Å². The minimum Gasteiger partial charge on any atom is -0.467 e. The quantitative estimate of drug-likeness (QED) is 0.310. The van der Waals surface area contributed by atoms with Crippen molar-refractivity contribution < 1.29 is 23.8 Å². The number of carbonyl (C=O) groups is 2. The van der Waals surface area contributed by atoms with Gasteiger partial charge in [0.1, 0.15) is 6.61 Å². The van der Waals surface area contributed by atoms with Crippen LogP contribution in [-0.2, 0) is 38.7 Å². The third-order valence-corrected chi connectivity index (χ3v) is 7.01. The van der Waals surface area contributed by atoms with Crippen molar-refractivity contribution in [2.75, 3.05) is 7.11 Å². The predicted octanol–water partition coefficient (Wildman–Crippen LogP) is 7.31. The molecule has 0 radical (unpaired) electrons. The first kappa shape index (κ1) is 27.7. The van der Waals surface area contributed by atoms with Crippen molar-refractivity contribution in [1.82, 2.24) is 4.90 Å². The number of hydrogen-bond acceptors (Lipinski definition) is 5. The number of amides is 1. The molecule has 0 unspecified atom stereocenters. The first-order valence-electron chi connectivity index (χ1n) is 12.6. The van der Waals surface area contributed by atoms with Crippen molar-refractivity contribution >= 4 is 23.7 Å². The van der Waals surface area contributed by atoms with Gasteiger partial charge in [0.2, 0.25) is 0 Å². The largest absolute Gasteiger partial charge is 0.467 e. The summed E-state index contributed by atoms with van der Waals surface area (Å²) >= 11 is 6.20. The molecule has 1 aliphatic rings. The molecule has 0 N–H and O–H groups in total. The van der Waals surface area contributed by atoms with E-state index in [-0.39, 0.29) is 12.7 Å². The van der Waals surface area contributed by atoms with E-state index in [9.17, 15) is 9.59 Å². The summed E-state index contributed by atoms with van der Waals surface area (Å²) in [4.78, 5) is 27.9. The lowest BCUT2D eigenvalue weighted by atomic mass is 9.83. The summed E-state index contributed by atoms with van der Waals surface area (Å²) in [7, 11) is 1.36. The van der Waals surface area contributed by atoms with Crippen LogP contribution < -0.4 is 0 Å². The average Bonchev–Trinajstić information content (AvgIpc) is 3.35. The Balaban J connectivity index is 1.79. The molecule has 38 heavy (non-hydrogen) atoms. The summed E-state index contributed by atoms with van der Waals surface area (Å²) in [6.07, 6.45) is -1.33. The SMILES string of the molecule is COC(=O)[C@@H](OC(C)(C)C)c1c(C)c2c(c(C)c1-c1ccc(Cl)cc1)CN(C(=O)OCc1ccccc1)C2. The third-order valence-electron chi connectivity index (χ3n) is 6.76. The van der Waals surface area contributed by atoms with Crippen LogP contribution in [0.25, 0.3) is 11.1 Å². The van der Waals surface area contributed by atoms with E-state index in [4.69, 9.17) is 25.8 Å². The number of hydrogen-bond donors (Lipinski definition) is 0. The Morgan fingerprint density at radius 3 is 2.13 bits per heavy atom. The smallest absolute Gasteiger partial charge is 0.410 e. The number of esters is 1. The number of benzene rings is 3. The lowest BCUT2D eigenvalue weighted by molar-refractivity contribution is -0.164. The van der Waals surface area contributed by atoms with Crippen LogP contribution in [0.15, 0.2) is 54.6 Å². The van der Waals surface area contributed by atoms with Gasteiger partial charge in [0, 0.05) is 23.7 Å². The average molecular weight is 536 g/mol. The molecule has 0 spiro atoms. The monoisotopic (exact) mass is 535 g/mol. The fourth-order valence-corrected chi connectivity index (χ4v) is 5.09. The number of carbonyl (C=O) groups excluding carboxylic acids is 2. The minimum absolute atomic E-state index is 0.204. The molecule has 6 nitrogen and oxygen atoms in total. The van der Waals surface area contributed by atoms with Gasteiger partial charge in [0.25, 0.3) is 0 Å². The van der Waals surface area contributed by atoms with Crippen LogP contribution in [-0.4, -0.2) is 29.7 Å². The molecule has 0 saturated heterocycles. The molecular weight excluding hydrogens is 502 g/mol. The van der Waals surface area contributed by atoms with Gasteiger partial charge in [0.05, 0.1) is 12.7 Å². The molecule has 0 aromatic heterocycles. The Hall–Kier alpha value is -3.35. The van der Waals surface area contributed by atoms with E-state index in [1.165, 1.54) is 7.11 Å². The van der Waals surface area contributed by atoms with Gasteiger partial charge in [-0.3, -0.25) is 4.90 Å². The second kappa shape index (κ2) is 11.2. The number of halogens is 1. The molecule has 1 amide bonds. The first-order chi connectivity index (χ1) is 18.0. The zero-order valence-electron chi connectivity index (χ0n) is 22.8. The zero-order valence-corrected chi connectivity index (χ0v) is 23.5. The van der Waals surface area contributed by atoms with E-state index in [2.05, 4.69) is 0 Å². The number of methoxy groups -OCH3 is 1. The highest BCUT2D eigenvalue weighted by atomic mass is 35.5. The first-order valence-corrected chi connectivity index (χ1v) is 13.0. The summed E-state index contributed by atoms with van der Waals surface area (Å²) in [5.74, 6) is -0.477. The Labute approximate surface area is 229 Å². The minimum atomic E-state index is -0.950. The van der Waals surface area contributed by atoms with Crippen LogP contribution in [0.4, 0.5) is 4.79 Å². The molecule has 200 valence electrons. The molecule has 1 aliphatic heterocycles. The molecule has 3 aromatic carbocycles. The number of ether oxygens (including phenoxy) is 3. The van der Waals surface area contributed by atoms with E-state index in [0.717, 1.165) is 44.5 Å². The van der Waals surface area contributed by atoms with Gasteiger partial charge in [-0.25, -0.2) is 9.59 Å². The second-order valence-corrected chi connectivity index (χ2v) is 11.0. The number of fused-ring (bicyclic) bond motifs is 1. The Bertz CT molecular complexity index is 1330. The Kier molecular flexibility index (Phi) is 8.14. The Morgan fingerprint density at radius 1 is 0.947 bits per heavy atom. The molecule has 4 rings (SSSR count). The van der Waals surface area contributed by atoms with Crippen LogP contribution in [0.1, 0.15) is 60.3 Å². The second-order valence-electron chi connectivity index (χ2n) is 10.5. The van der Waals surface area contributed by atoms with Crippen LogP contribution in [0.3, 0.4) is 0 Å². The standard InChI is InChI=1S/C31H34ClNO5/c1-19-24-16-33(30(35)37-18-21-10-8-7-9-11-21)17-25(24)20(2)27(26(19)22-12-14-23(32)15-13-22)28(29(34)36-6)38-31(3,4)5/h7-15,28H,16-18H2,1-6H3/t28-/m0/s1. The molecule has 0 bridgehead atoms. The molecular formula is C31H34ClNO5. The maximum atomic E-state index is 13.1. The maximum absolute atomic E-state index is 13.1. The fraction of sp³-hybridized carbons (Fsp3) is 0.355. The van der Waals surface area contributed by atoms with Gasteiger partial charge in [-0.2, -0.15) is 0 Å². The predicted molar refractivity (Wildman–Crippen MR) is 148 cm³/mol. The normalized spacial score (nSPS) is 13.7. The molecule has 0 saturated carbocycles. The van der Waals surface area contributed by atoms with Crippen molar-refractivity contribution in [2.45, 2.75) is 66.0 Å². The van der Waals surface area contributed by atoms with Crippen molar-refractivity contribution in [1.29, 1.82) is 0 Å². The zero-order chi connectivity index (χ0) is 27.6. The molecule has 1 heterocycles. The maximum Gasteiger partial charge on any atom is 0.410 e. The van der Waals surface area contributed by atoms with Crippen molar-refractivity contribution in [3.8, 4) is 11.1 Å². The third kappa shape index (κ3) is 5.87. The Morgan fingerprint density at radius 2 is 1.55 bits per heavy atom. The number of rotatable bonds is 6. The molecule has 1 atom stereocenters. The summed E-state index contributed by atoms with van der Waals surface area (Å²) in [6, 6.07) is 17.1. The van der Waals surface area contributed by atoms with Crippen molar-refractivity contribution in [3.05, 3.63) is 93.0 Å². The van der Waals surface area contributed by atoms with Gasteiger partial charge in [-0.15, -0.1) is 0 Å². The van der Waals surface area contributed by atoms with E-state index < -0.39 is 17.7 Å². The fourth-order valence-electron chi connectivity index (χ4n) is 4.96. The van der Waals surface area contributed by atoms with Crippen molar-refractivity contribution in [2.24, 2.45) is 0 Å². The lowest BCUT2D eigenvalue weighted by Crippen LogP contribution is -2.29. The lowest BCUT2D eigenvalue weighted by Gasteiger charge is -2.30. The topological polar surface area (TPSA) is 65.1 Å². The summed E-state index contributed by atoms with van der Waals surface area (Å²) in [6.45, 7) is 10.7. The van der Waals surface area contributed by atoms with Gasteiger partial charge in [0.15, 0.2) is 6.10 Å². The van der Waals surface area contributed by atoms with Crippen LogP contribution in [0.5, 0.6) is 0 Å². The highest BCUT2D eigenvalue weighted by Crippen LogP contribution is 2.44.